The molecule has 0 spiro atoms. The van der Waals surface area contributed by atoms with Crippen LogP contribution in [0.4, 0.5) is 0 Å². The third-order valence-electron chi connectivity index (χ3n) is 1.55. The van der Waals surface area contributed by atoms with E-state index >= 15 is 0 Å². The van der Waals surface area contributed by atoms with Crippen LogP contribution in [0.3, 0.4) is 0 Å². The van der Waals surface area contributed by atoms with E-state index in [0.29, 0.717) is 0 Å². The highest BCUT2D eigenvalue weighted by atomic mass is 35.7. The molecule has 14 heavy (non-hydrogen) atoms. The molecule has 76 valence electrons. The summed E-state index contributed by atoms with van der Waals surface area (Å²) < 4.78 is 34.0. The molecular weight excluding hydrogens is 210 g/mol. The number of quaternary nitrogens is 1. The summed E-state index contributed by atoms with van der Waals surface area (Å²) in [5, 5.41) is 2.06. The summed E-state index contributed by atoms with van der Waals surface area (Å²) in [5.41, 5.74) is 2.66. The molecule has 0 saturated heterocycles. The molecule has 1 heterocycles. The molecule has 0 atom stereocenters. The van der Waals surface area contributed by atoms with Crippen LogP contribution < -0.4 is 24.0 Å². The fourth-order valence-corrected chi connectivity index (χ4v) is 1.07. The van der Waals surface area contributed by atoms with Gasteiger partial charge in [0.1, 0.15) is 6.20 Å². The largest absolute Gasteiger partial charge is 0.293 e. The van der Waals surface area contributed by atoms with Gasteiger partial charge in [0, 0.05) is 5.57 Å². The first-order valence-corrected chi connectivity index (χ1v) is 4.92. The van der Waals surface area contributed by atoms with Crippen molar-refractivity contribution < 1.29 is 34.2 Å². The van der Waals surface area contributed by atoms with Gasteiger partial charge in [0.2, 0.25) is 0 Å². The van der Waals surface area contributed by atoms with Gasteiger partial charge in [-0.2, -0.15) is 0 Å². The van der Waals surface area contributed by atoms with Crippen molar-refractivity contribution in [3.05, 3.63) is 47.9 Å². The molecule has 0 aromatic rings. The van der Waals surface area contributed by atoms with E-state index in [9.17, 15) is 0 Å². The van der Waals surface area contributed by atoms with Gasteiger partial charge >= 0.3 is 0 Å². The van der Waals surface area contributed by atoms with Crippen molar-refractivity contribution in [2.75, 3.05) is 0 Å². The van der Waals surface area contributed by atoms with Gasteiger partial charge in [-0.1, -0.05) is 12.2 Å². The number of nitrogens with two attached hydrogens (primary N) is 1. The maximum atomic E-state index is 8.49. The fourth-order valence-electron chi connectivity index (χ4n) is 1.07. The number of rotatable bonds is 0. The highest BCUT2D eigenvalue weighted by Crippen LogP contribution is 2.18. The Hall–Kier alpha value is -0.950. The van der Waals surface area contributed by atoms with Crippen LogP contribution in [0.1, 0.15) is 0 Å². The van der Waals surface area contributed by atoms with Crippen LogP contribution in [-0.4, -0.2) is 0 Å². The standard InChI is InChI=1S/C8H7N.ClHO4/c1-2-7-4-5-9-6-8(7)3-1;2-1(3,4)5/h1-6,9H;(H,2,3,4,5). The van der Waals surface area contributed by atoms with E-state index in [1.54, 1.807) is 0 Å². The second-order valence-corrected chi connectivity index (χ2v) is 3.29. The summed E-state index contributed by atoms with van der Waals surface area (Å²) in [6.45, 7) is 0. The van der Waals surface area contributed by atoms with E-state index < -0.39 is 10.2 Å². The zero-order chi connectivity index (χ0) is 10.6. The number of fused-ring (bicyclic) bond motifs is 1. The SMILES string of the molecule is C1=CC2=C[NH2+]C=CC2=C1.[O-][Cl+3]([O-])([O-])[O-]. The fraction of sp³-hybridized carbons (Fsp3) is 0. The van der Waals surface area contributed by atoms with Gasteiger partial charge in [-0.05, 0) is 17.7 Å². The van der Waals surface area contributed by atoms with Crippen molar-refractivity contribution >= 4 is 0 Å². The molecule has 0 saturated carbocycles. The lowest BCUT2D eigenvalue weighted by molar-refractivity contribution is -2.00. The van der Waals surface area contributed by atoms with Gasteiger partial charge < -0.3 is 0 Å². The average molecular weight is 218 g/mol. The van der Waals surface area contributed by atoms with E-state index in [1.165, 1.54) is 11.1 Å². The van der Waals surface area contributed by atoms with Crippen molar-refractivity contribution in [1.29, 1.82) is 0 Å². The van der Waals surface area contributed by atoms with E-state index in [2.05, 4.69) is 42.0 Å². The smallest absolute Gasteiger partial charge is 0.105 e. The first-order chi connectivity index (χ1) is 6.47. The molecule has 2 N–H and O–H groups in total. The second kappa shape index (κ2) is 4.52. The predicted molar refractivity (Wildman–Crippen MR) is 36.4 cm³/mol. The first kappa shape index (κ1) is 11.1. The van der Waals surface area contributed by atoms with Crippen molar-refractivity contribution in [1.82, 2.24) is 0 Å². The van der Waals surface area contributed by atoms with Crippen LogP contribution in [0, 0.1) is 10.2 Å². The average Bonchev–Trinajstić information content (AvgIpc) is 2.47. The van der Waals surface area contributed by atoms with E-state index in [1.807, 2.05) is 0 Å². The van der Waals surface area contributed by atoms with E-state index in [4.69, 9.17) is 18.6 Å². The molecule has 0 unspecified atom stereocenters. The highest BCUT2D eigenvalue weighted by molar-refractivity contribution is 5.53. The number of halogens is 1. The van der Waals surface area contributed by atoms with Crippen molar-refractivity contribution in [3.63, 3.8) is 0 Å². The molecule has 0 aromatic carbocycles. The van der Waals surface area contributed by atoms with Crippen molar-refractivity contribution in [2.24, 2.45) is 0 Å². The van der Waals surface area contributed by atoms with Crippen molar-refractivity contribution in [2.45, 2.75) is 0 Å². The van der Waals surface area contributed by atoms with Gasteiger partial charge in [0.15, 0.2) is 0 Å². The topological polar surface area (TPSA) is 109 Å². The zero-order valence-corrected chi connectivity index (χ0v) is 7.81. The second-order valence-electron chi connectivity index (χ2n) is 2.53. The molecule has 5 nitrogen and oxygen atoms in total. The van der Waals surface area contributed by atoms with Gasteiger partial charge in [-0.15, -0.1) is 10.2 Å². The van der Waals surface area contributed by atoms with Gasteiger partial charge in [-0.25, -0.2) is 18.6 Å². The molecule has 2 aliphatic rings. The Kier molecular flexibility index (Phi) is 3.59. The Bertz CT molecular complexity index is 319. The van der Waals surface area contributed by atoms with Gasteiger partial charge in [0.05, 0.1) is 6.20 Å². The Morgan fingerprint density at radius 2 is 1.64 bits per heavy atom. The van der Waals surface area contributed by atoms with Crippen LogP contribution >= 0.6 is 0 Å². The van der Waals surface area contributed by atoms with E-state index in [-0.39, 0.29) is 0 Å². The molecule has 0 radical (unpaired) electrons. The molecule has 0 aromatic heterocycles. The minimum atomic E-state index is -4.94. The maximum Gasteiger partial charge on any atom is 0.105 e. The Balaban J connectivity index is 0.000000171. The van der Waals surface area contributed by atoms with Crippen LogP contribution in [0.5, 0.6) is 0 Å². The maximum absolute atomic E-state index is 8.49. The molecule has 1 aliphatic heterocycles. The Morgan fingerprint density at radius 3 is 2.21 bits per heavy atom. The normalized spacial score (nSPS) is 18.0. The molecule has 0 fully saturated rings. The molecule has 0 bridgehead atoms. The quantitative estimate of drug-likeness (QED) is 0.443. The predicted octanol–water partition coefficient (Wildman–Crippen LogP) is -4.30. The lowest BCUT2D eigenvalue weighted by Crippen LogP contribution is -2.71. The summed E-state index contributed by atoms with van der Waals surface area (Å²) in [7, 11) is -4.94. The monoisotopic (exact) mass is 217 g/mol. The minimum Gasteiger partial charge on any atom is -0.293 e. The molecular formula is C8H8ClNO4. The van der Waals surface area contributed by atoms with Crippen LogP contribution in [0.2, 0.25) is 0 Å². The van der Waals surface area contributed by atoms with Gasteiger partial charge in [0.25, 0.3) is 0 Å². The van der Waals surface area contributed by atoms with Crippen LogP contribution in [0.15, 0.2) is 47.9 Å². The molecule has 2 rings (SSSR count). The number of hydrogen-bond donors (Lipinski definition) is 1. The van der Waals surface area contributed by atoms with Crippen LogP contribution in [-0.2, 0) is 0 Å². The zero-order valence-electron chi connectivity index (χ0n) is 7.05. The summed E-state index contributed by atoms with van der Waals surface area (Å²) in [4.78, 5) is 0. The molecule has 0 amide bonds. The lowest BCUT2D eigenvalue weighted by Gasteiger charge is -2.17. The first-order valence-electron chi connectivity index (χ1n) is 3.69. The minimum absolute atomic E-state index is 1.33. The number of allylic oxidation sites excluding steroid dienone is 6. The summed E-state index contributed by atoms with van der Waals surface area (Å²) in [6.07, 6.45) is 12.6. The number of hydrogen-bond acceptors (Lipinski definition) is 4. The third kappa shape index (κ3) is 4.33. The van der Waals surface area contributed by atoms with Crippen LogP contribution in [0.25, 0.3) is 0 Å². The van der Waals surface area contributed by atoms with Crippen molar-refractivity contribution in [3.8, 4) is 0 Å². The van der Waals surface area contributed by atoms with E-state index in [0.717, 1.165) is 0 Å². The highest BCUT2D eigenvalue weighted by Gasteiger charge is 2.06. The lowest BCUT2D eigenvalue weighted by atomic mass is 10.1. The Labute approximate surface area is 82.7 Å². The summed E-state index contributed by atoms with van der Waals surface area (Å²) >= 11 is 0. The Morgan fingerprint density at radius 1 is 1.00 bits per heavy atom. The molecule has 6 heteroatoms. The van der Waals surface area contributed by atoms with Gasteiger partial charge in [-0.3, -0.25) is 5.32 Å². The summed E-state index contributed by atoms with van der Waals surface area (Å²) in [6, 6.07) is 0. The third-order valence-corrected chi connectivity index (χ3v) is 1.55. The molecule has 1 aliphatic carbocycles. The summed E-state index contributed by atoms with van der Waals surface area (Å²) in [5.74, 6) is 0.